The van der Waals surface area contributed by atoms with E-state index in [1.165, 1.54) is 6.20 Å². The number of fused-ring (bicyclic) bond motifs is 1. The van der Waals surface area contributed by atoms with Crippen LogP contribution in [0, 0.1) is 5.21 Å². The van der Waals surface area contributed by atoms with E-state index < -0.39 is 6.10 Å². The predicted octanol–water partition coefficient (Wildman–Crippen LogP) is 7.42. The Balaban J connectivity index is 1.19. The standard InChI is InChI=1S/C39H39N3O6/c1-2-3-22-46-24-25-47-34-16-11-28(12-17-34)30-13-18-35-32(26-30)27-31(19-21-41(35)37-8-6-23-48-37)39(44)40-33-14-9-29(10-15-33)38(43)36-7-4-5-20-42(36)45/h4-18,20,23,26-27,38,43H,2-3,19,21-22,24-25H2,1H3,(H,40,44)/t38-/m0/s1. The van der Waals surface area contributed by atoms with E-state index in [2.05, 4.69) is 35.3 Å². The van der Waals surface area contributed by atoms with Crippen molar-refractivity contribution in [1.29, 1.82) is 0 Å². The zero-order valence-corrected chi connectivity index (χ0v) is 26.9. The Morgan fingerprint density at radius 1 is 0.979 bits per heavy atom. The van der Waals surface area contributed by atoms with Gasteiger partial charge in [-0.15, -0.1) is 0 Å². The zero-order chi connectivity index (χ0) is 33.3. The predicted molar refractivity (Wildman–Crippen MR) is 186 cm³/mol. The van der Waals surface area contributed by atoms with Gasteiger partial charge in [-0.3, -0.25) is 4.79 Å². The first-order valence-corrected chi connectivity index (χ1v) is 16.2. The average molecular weight is 646 g/mol. The highest BCUT2D eigenvalue weighted by Crippen LogP contribution is 2.37. The minimum atomic E-state index is -1.09. The van der Waals surface area contributed by atoms with Crippen molar-refractivity contribution >= 4 is 29.2 Å². The molecular weight excluding hydrogens is 606 g/mol. The molecule has 246 valence electrons. The summed E-state index contributed by atoms with van der Waals surface area (Å²) in [5.41, 5.74) is 5.83. The van der Waals surface area contributed by atoms with Gasteiger partial charge >= 0.3 is 0 Å². The molecule has 1 amide bonds. The van der Waals surface area contributed by atoms with Gasteiger partial charge in [0.2, 0.25) is 5.69 Å². The molecule has 1 atom stereocenters. The Hall–Kier alpha value is -5.38. The molecular formula is C39H39N3O6. The third-order valence-electron chi connectivity index (χ3n) is 8.26. The number of aliphatic hydroxyl groups excluding tert-OH is 1. The SMILES string of the molecule is CCCCOCCOc1ccc(-c2ccc3c(c2)C=C(C(=O)Nc2ccc([C@H](O)c4cccc[n+]4[O-])cc2)CCN3c2ccco2)cc1. The normalized spacial score (nSPS) is 13.3. The fourth-order valence-electron chi connectivity index (χ4n) is 5.63. The molecule has 0 spiro atoms. The van der Waals surface area contributed by atoms with E-state index in [4.69, 9.17) is 13.9 Å². The van der Waals surface area contributed by atoms with Crippen molar-refractivity contribution in [3.05, 3.63) is 137 Å². The monoisotopic (exact) mass is 645 g/mol. The van der Waals surface area contributed by atoms with Gasteiger partial charge in [0, 0.05) is 42.6 Å². The lowest BCUT2D eigenvalue weighted by atomic mass is 10.00. The summed E-state index contributed by atoms with van der Waals surface area (Å²) in [6.45, 7) is 4.50. The summed E-state index contributed by atoms with van der Waals surface area (Å²) >= 11 is 0. The molecule has 48 heavy (non-hydrogen) atoms. The number of unbranched alkanes of at least 4 members (excludes halogenated alkanes) is 1. The van der Waals surface area contributed by atoms with Crippen LogP contribution in [0.4, 0.5) is 17.3 Å². The number of hydrogen-bond acceptors (Lipinski definition) is 7. The second kappa shape index (κ2) is 15.5. The van der Waals surface area contributed by atoms with Crippen LogP contribution in [0.3, 0.4) is 0 Å². The van der Waals surface area contributed by atoms with Crippen LogP contribution in [0.1, 0.15) is 49.1 Å². The van der Waals surface area contributed by atoms with Crippen LogP contribution < -0.4 is 19.7 Å². The molecule has 1 aliphatic rings. The summed E-state index contributed by atoms with van der Waals surface area (Å²) in [7, 11) is 0. The maximum Gasteiger partial charge on any atom is 0.251 e. The molecule has 3 aromatic carbocycles. The number of carbonyl (C=O) groups excluding carboxylic acids is 1. The van der Waals surface area contributed by atoms with E-state index >= 15 is 0 Å². The number of amides is 1. The Morgan fingerprint density at radius 3 is 2.54 bits per heavy atom. The van der Waals surface area contributed by atoms with Gasteiger partial charge in [0.1, 0.15) is 12.4 Å². The number of ether oxygens (including phenoxy) is 2. The number of furan rings is 1. The van der Waals surface area contributed by atoms with Gasteiger partial charge < -0.3 is 34.4 Å². The van der Waals surface area contributed by atoms with Crippen molar-refractivity contribution in [2.75, 3.05) is 36.6 Å². The molecule has 0 saturated heterocycles. The van der Waals surface area contributed by atoms with Crippen LogP contribution in [-0.4, -0.2) is 37.4 Å². The summed E-state index contributed by atoms with van der Waals surface area (Å²) in [5.74, 6) is 1.26. The number of aromatic nitrogens is 1. The molecule has 6 rings (SSSR count). The summed E-state index contributed by atoms with van der Waals surface area (Å²) in [4.78, 5) is 15.7. The Labute approximate surface area is 280 Å². The van der Waals surface area contributed by atoms with Gasteiger partial charge in [0.25, 0.3) is 5.91 Å². The summed E-state index contributed by atoms with van der Waals surface area (Å²) in [6, 6.07) is 29.7. The molecule has 9 heteroatoms. The Morgan fingerprint density at radius 2 is 1.79 bits per heavy atom. The largest absolute Gasteiger partial charge is 0.618 e. The lowest BCUT2D eigenvalue weighted by Crippen LogP contribution is -2.32. The topological polar surface area (TPSA) is 111 Å². The van der Waals surface area contributed by atoms with Crippen LogP contribution in [0.25, 0.3) is 17.2 Å². The minimum absolute atomic E-state index is 0.221. The number of aliphatic hydroxyl groups is 1. The number of rotatable bonds is 13. The van der Waals surface area contributed by atoms with Gasteiger partial charge in [-0.05, 0) is 89.7 Å². The maximum absolute atomic E-state index is 13.6. The van der Waals surface area contributed by atoms with Gasteiger partial charge in [-0.2, -0.15) is 4.73 Å². The van der Waals surface area contributed by atoms with E-state index in [1.54, 1.807) is 48.7 Å². The highest BCUT2D eigenvalue weighted by Gasteiger charge is 2.23. The fourth-order valence-corrected chi connectivity index (χ4v) is 5.63. The maximum atomic E-state index is 13.6. The molecule has 1 aliphatic heterocycles. The van der Waals surface area contributed by atoms with Crippen LogP contribution >= 0.6 is 0 Å². The molecule has 2 aromatic heterocycles. The van der Waals surface area contributed by atoms with E-state index in [-0.39, 0.29) is 11.6 Å². The molecule has 0 saturated carbocycles. The van der Waals surface area contributed by atoms with Gasteiger partial charge in [0.05, 0.1) is 18.6 Å². The number of nitrogens with one attached hydrogen (secondary N) is 1. The van der Waals surface area contributed by atoms with Gasteiger partial charge in [0.15, 0.2) is 18.2 Å². The first-order valence-electron chi connectivity index (χ1n) is 16.2. The fraction of sp³-hybridized carbons (Fsp3) is 0.231. The van der Waals surface area contributed by atoms with Gasteiger partial charge in [-0.1, -0.05) is 43.7 Å². The third kappa shape index (κ3) is 7.76. The molecule has 3 heterocycles. The molecule has 0 aliphatic carbocycles. The number of anilines is 3. The second-order valence-electron chi connectivity index (χ2n) is 11.6. The lowest BCUT2D eigenvalue weighted by molar-refractivity contribution is -0.617. The van der Waals surface area contributed by atoms with Crippen molar-refractivity contribution in [2.24, 2.45) is 0 Å². The number of pyridine rings is 1. The van der Waals surface area contributed by atoms with Crippen molar-refractivity contribution in [3.8, 4) is 16.9 Å². The first-order chi connectivity index (χ1) is 23.5. The minimum Gasteiger partial charge on any atom is -0.618 e. The molecule has 9 nitrogen and oxygen atoms in total. The Kier molecular flexibility index (Phi) is 10.5. The molecule has 5 aromatic rings. The van der Waals surface area contributed by atoms with Crippen molar-refractivity contribution < 1.29 is 28.5 Å². The number of carbonyl (C=O) groups is 1. The Bertz CT molecular complexity index is 1840. The average Bonchev–Trinajstić information content (AvgIpc) is 3.58. The number of hydrogen-bond donors (Lipinski definition) is 2. The lowest BCUT2D eigenvalue weighted by Gasteiger charge is -2.22. The van der Waals surface area contributed by atoms with Crippen LogP contribution in [0.5, 0.6) is 5.75 Å². The second-order valence-corrected chi connectivity index (χ2v) is 11.6. The number of nitrogens with zero attached hydrogens (tertiary/aromatic N) is 2. The van der Waals surface area contributed by atoms with Crippen LogP contribution in [-0.2, 0) is 9.53 Å². The van der Waals surface area contributed by atoms with Crippen molar-refractivity contribution in [1.82, 2.24) is 0 Å². The molecule has 0 fully saturated rings. The smallest absolute Gasteiger partial charge is 0.251 e. The van der Waals surface area contributed by atoms with Crippen LogP contribution in [0.2, 0.25) is 0 Å². The molecule has 0 unspecified atom stereocenters. The van der Waals surface area contributed by atoms with Gasteiger partial charge in [-0.25, -0.2) is 0 Å². The summed E-state index contributed by atoms with van der Waals surface area (Å²) in [5, 5.41) is 25.8. The number of benzene rings is 3. The van der Waals surface area contributed by atoms with E-state index in [1.807, 2.05) is 42.5 Å². The van der Waals surface area contributed by atoms with E-state index in [0.29, 0.717) is 53.6 Å². The summed E-state index contributed by atoms with van der Waals surface area (Å²) in [6.07, 6.45) is 6.49. The highest BCUT2D eigenvalue weighted by molar-refractivity contribution is 6.07. The zero-order valence-electron chi connectivity index (χ0n) is 26.9. The molecule has 0 bridgehead atoms. The van der Waals surface area contributed by atoms with Crippen LogP contribution in [0.15, 0.2) is 120 Å². The summed E-state index contributed by atoms with van der Waals surface area (Å²) < 4.78 is 17.9. The molecule has 0 radical (unpaired) electrons. The third-order valence-corrected chi connectivity index (χ3v) is 8.26. The van der Waals surface area contributed by atoms with E-state index in [9.17, 15) is 15.1 Å². The molecule has 2 N–H and O–H groups in total. The quantitative estimate of drug-likeness (QED) is 0.0779. The first kappa shape index (κ1) is 32.6. The van der Waals surface area contributed by atoms with E-state index in [0.717, 1.165) is 47.6 Å². The van der Waals surface area contributed by atoms with Crippen molar-refractivity contribution in [3.63, 3.8) is 0 Å². The highest BCUT2D eigenvalue weighted by atomic mass is 16.5. The van der Waals surface area contributed by atoms with Crippen molar-refractivity contribution in [2.45, 2.75) is 32.3 Å².